The summed E-state index contributed by atoms with van der Waals surface area (Å²) < 4.78 is 0. The van der Waals surface area contributed by atoms with Crippen molar-refractivity contribution in [2.45, 2.75) is 40.5 Å². The van der Waals surface area contributed by atoms with Gasteiger partial charge in [0.15, 0.2) is 0 Å². The van der Waals surface area contributed by atoms with Crippen molar-refractivity contribution in [3.05, 3.63) is 23.8 Å². The highest BCUT2D eigenvalue weighted by Crippen LogP contribution is 2.16. The minimum absolute atomic E-state index is 0.438. The van der Waals surface area contributed by atoms with Crippen molar-refractivity contribution in [1.29, 1.82) is 0 Å². The molecule has 3 nitrogen and oxygen atoms in total. The highest BCUT2D eigenvalue weighted by Gasteiger charge is 2.05. The van der Waals surface area contributed by atoms with E-state index < -0.39 is 0 Å². The minimum Gasteiger partial charge on any atom is -0.340 e. The number of rotatable bonds is 1. The summed E-state index contributed by atoms with van der Waals surface area (Å²) in [5.41, 5.74) is 3.04. The van der Waals surface area contributed by atoms with E-state index in [2.05, 4.69) is 28.8 Å². The van der Waals surface area contributed by atoms with Gasteiger partial charge in [0, 0.05) is 11.6 Å². The van der Waals surface area contributed by atoms with E-state index in [0.29, 0.717) is 5.92 Å². The molecule has 2 rings (SSSR count). The number of nitrogens with zero attached hydrogens (tertiary/aromatic N) is 2. The van der Waals surface area contributed by atoms with Gasteiger partial charge < -0.3 is 4.98 Å². The van der Waals surface area contributed by atoms with Crippen molar-refractivity contribution in [3.63, 3.8) is 0 Å². The molecule has 0 radical (unpaired) electrons. The molecule has 2 heterocycles. The lowest BCUT2D eigenvalue weighted by molar-refractivity contribution is 0.799. The van der Waals surface area contributed by atoms with Gasteiger partial charge in [-0.1, -0.05) is 27.7 Å². The van der Waals surface area contributed by atoms with E-state index in [-0.39, 0.29) is 0 Å². The van der Waals surface area contributed by atoms with Crippen LogP contribution in [0.4, 0.5) is 0 Å². The second-order valence-electron chi connectivity index (χ2n) is 3.62. The summed E-state index contributed by atoms with van der Waals surface area (Å²) in [5.74, 6) is 1.47. The van der Waals surface area contributed by atoms with Crippen molar-refractivity contribution in [2.75, 3.05) is 0 Å². The van der Waals surface area contributed by atoms with Crippen LogP contribution in [-0.2, 0) is 0 Å². The number of pyridine rings is 1. The van der Waals surface area contributed by atoms with Crippen molar-refractivity contribution < 1.29 is 0 Å². The Morgan fingerprint density at radius 3 is 2.53 bits per heavy atom. The summed E-state index contributed by atoms with van der Waals surface area (Å²) >= 11 is 0. The number of hydrogen-bond donors (Lipinski definition) is 1. The average Bonchev–Trinajstić information content (AvgIpc) is 2.63. The summed E-state index contributed by atoms with van der Waals surface area (Å²) in [6.45, 7) is 10.2. The second kappa shape index (κ2) is 4.91. The Bertz CT molecular complexity index is 429. The first-order chi connectivity index (χ1) is 7.16. The number of H-pyrrole nitrogens is 1. The molecule has 0 unspecified atom stereocenters. The van der Waals surface area contributed by atoms with E-state index in [9.17, 15) is 0 Å². The maximum absolute atomic E-state index is 4.48. The van der Waals surface area contributed by atoms with Crippen LogP contribution in [0.3, 0.4) is 0 Å². The fraction of sp³-hybridized carbons (Fsp3) is 0.500. The molecule has 0 aliphatic carbocycles. The molecule has 2 aromatic rings. The zero-order chi connectivity index (χ0) is 11.4. The molecule has 0 fully saturated rings. The van der Waals surface area contributed by atoms with Gasteiger partial charge in [0.25, 0.3) is 0 Å². The van der Waals surface area contributed by atoms with Crippen LogP contribution in [0, 0.1) is 6.92 Å². The molecule has 82 valence electrons. The third kappa shape index (κ3) is 2.55. The molecule has 15 heavy (non-hydrogen) atoms. The third-order valence-corrected chi connectivity index (χ3v) is 2.07. The third-order valence-electron chi connectivity index (χ3n) is 2.07. The summed E-state index contributed by atoms with van der Waals surface area (Å²) in [6.07, 6.45) is 1.84. The molecule has 0 atom stereocenters. The molecule has 1 N–H and O–H groups in total. The maximum atomic E-state index is 4.48. The maximum Gasteiger partial charge on any atom is 0.109 e. The molecule has 0 bridgehead atoms. The second-order valence-corrected chi connectivity index (χ2v) is 3.62. The van der Waals surface area contributed by atoms with Gasteiger partial charge in [0.1, 0.15) is 5.82 Å². The zero-order valence-corrected chi connectivity index (χ0v) is 10.1. The molecule has 3 heteroatoms. The normalized spacial score (nSPS) is 10.3. The molecule has 0 aliphatic rings. The molecule has 0 saturated carbocycles. The van der Waals surface area contributed by atoms with Crippen molar-refractivity contribution in [2.24, 2.45) is 0 Å². The van der Waals surface area contributed by atoms with Gasteiger partial charge in [-0.25, -0.2) is 4.98 Å². The number of aromatic amines is 1. The Kier molecular flexibility index (Phi) is 3.83. The number of hydrogen-bond acceptors (Lipinski definition) is 2. The predicted octanol–water partition coefficient (Wildman–Crippen LogP) is 3.42. The van der Waals surface area contributed by atoms with Crippen molar-refractivity contribution in [1.82, 2.24) is 15.0 Å². The van der Waals surface area contributed by atoms with Crippen molar-refractivity contribution in [3.8, 4) is 0 Å². The highest BCUT2D eigenvalue weighted by molar-refractivity contribution is 5.74. The first-order valence-electron chi connectivity index (χ1n) is 5.49. The lowest BCUT2D eigenvalue weighted by Gasteiger charge is -1.95. The standard InChI is InChI=1S/C10H13N3.C2H6/c1-6(2)10-12-8-4-7(3)11-5-9(8)13-10;1-2/h4-6H,1-3H3,(H,12,13);1-2H3. The number of imidazole rings is 1. The van der Waals surface area contributed by atoms with Gasteiger partial charge in [0.05, 0.1) is 17.2 Å². The molecule has 2 aromatic heterocycles. The van der Waals surface area contributed by atoms with Crippen LogP contribution in [0.5, 0.6) is 0 Å². The van der Waals surface area contributed by atoms with Crippen LogP contribution >= 0.6 is 0 Å². The molecule has 0 aliphatic heterocycles. The van der Waals surface area contributed by atoms with E-state index in [1.165, 1.54) is 0 Å². The molecule has 0 spiro atoms. The Labute approximate surface area is 91.0 Å². The number of nitrogens with one attached hydrogen (secondary N) is 1. The molecular weight excluding hydrogens is 186 g/mol. The van der Waals surface area contributed by atoms with Gasteiger partial charge >= 0.3 is 0 Å². The molecule has 0 saturated heterocycles. The average molecular weight is 205 g/mol. The van der Waals surface area contributed by atoms with E-state index in [1.807, 2.05) is 33.0 Å². The number of aromatic nitrogens is 3. The number of aryl methyl sites for hydroxylation is 1. The van der Waals surface area contributed by atoms with Crippen LogP contribution in [0.25, 0.3) is 11.0 Å². The van der Waals surface area contributed by atoms with Crippen LogP contribution in [0.15, 0.2) is 12.3 Å². The van der Waals surface area contributed by atoms with E-state index >= 15 is 0 Å². The highest BCUT2D eigenvalue weighted by atomic mass is 14.9. The number of fused-ring (bicyclic) bond motifs is 1. The summed E-state index contributed by atoms with van der Waals surface area (Å²) in [7, 11) is 0. The lowest BCUT2D eigenvalue weighted by Crippen LogP contribution is -1.88. The summed E-state index contributed by atoms with van der Waals surface area (Å²) in [4.78, 5) is 11.9. The Hall–Kier alpha value is -1.38. The quantitative estimate of drug-likeness (QED) is 0.775. The molecule has 0 amide bonds. The molecule has 0 aromatic carbocycles. The van der Waals surface area contributed by atoms with Crippen LogP contribution < -0.4 is 0 Å². The topological polar surface area (TPSA) is 41.6 Å². The smallest absolute Gasteiger partial charge is 0.109 e. The first kappa shape index (κ1) is 11.7. The largest absolute Gasteiger partial charge is 0.340 e. The van der Waals surface area contributed by atoms with Crippen molar-refractivity contribution >= 4 is 11.0 Å². The summed E-state index contributed by atoms with van der Waals surface area (Å²) in [6, 6.07) is 2.00. The monoisotopic (exact) mass is 205 g/mol. The lowest BCUT2D eigenvalue weighted by atomic mass is 10.2. The zero-order valence-electron chi connectivity index (χ0n) is 10.1. The van der Waals surface area contributed by atoms with Gasteiger partial charge in [-0.3, -0.25) is 4.98 Å². The van der Waals surface area contributed by atoms with E-state index in [0.717, 1.165) is 22.6 Å². The van der Waals surface area contributed by atoms with E-state index in [4.69, 9.17) is 0 Å². The SMILES string of the molecule is CC.Cc1cc2nc(C(C)C)[nH]c2cn1. The predicted molar refractivity (Wildman–Crippen MR) is 64.1 cm³/mol. The fourth-order valence-electron chi connectivity index (χ4n) is 1.30. The summed E-state index contributed by atoms with van der Waals surface area (Å²) in [5, 5.41) is 0. The fourth-order valence-corrected chi connectivity index (χ4v) is 1.30. The van der Waals surface area contributed by atoms with Crippen LogP contribution in [0.1, 0.15) is 45.1 Å². The minimum atomic E-state index is 0.438. The Morgan fingerprint density at radius 1 is 1.27 bits per heavy atom. The Morgan fingerprint density at radius 2 is 1.93 bits per heavy atom. The van der Waals surface area contributed by atoms with Gasteiger partial charge in [0.2, 0.25) is 0 Å². The van der Waals surface area contributed by atoms with Gasteiger partial charge in [-0.15, -0.1) is 0 Å². The first-order valence-corrected chi connectivity index (χ1v) is 5.49. The van der Waals surface area contributed by atoms with Crippen LogP contribution in [-0.4, -0.2) is 15.0 Å². The van der Waals surface area contributed by atoms with Gasteiger partial charge in [-0.05, 0) is 13.0 Å². The van der Waals surface area contributed by atoms with E-state index in [1.54, 1.807) is 0 Å². The van der Waals surface area contributed by atoms with Crippen LogP contribution in [0.2, 0.25) is 0 Å². The molecular formula is C12H19N3. The van der Waals surface area contributed by atoms with Gasteiger partial charge in [-0.2, -0.15) is 0 Å². The Balaban J connectivity index is 0.000000531.